The van der Waals surface area contributed by atoms with Gasteiger partial charge in [0.15, 0.2) is 0 Å². The van der Waals surface area contributed by atoms with Gasteiger partial charge in [0, 0.05) is 6.54 Å². The van der Waals surface area contributed by atoms with Crippen LogP contribution in [-0.4, -0.2) is 24.9 Å². The van der Waals surface area contributed by atoms with Crippen molar-refractivity contribution in [3.8, 4) is 0 Å². The maximum Gasteiger partial charge on any atom is 0.148 e. The van der Waals surface area contributed by atoms with Crippen LogP contribution in [0.5, 0.6) is 0 Å². The molecule has 0 aromatic heterocycles. The Balaban J connectivity index is 3.97. The minimum absolute atomic E-state index is 0.0252. The molecule has 0 aliphatic heterocycles. The van der Waals surface area contributed by atoms with Crippen molar-refractivity contribution in [1.29, 1.82) is 0 Å². The van der Waals surface area contributed by atoms with Crippen LogP contribution < -0.4 is 5.73 Å². The van der Waals surface area contributed by atoms with Crippen LogP contribution in [-0.2, 0) is 4.74 Å². The summed E-state index contributed by atoms with van der Waals surface area (Å²) in [6.07, 6.45) is 0.0606. The molecular weight excluding hydrogens is 157 g/mol. The predicted octanol–water partition coefficient (Wildman–Crippen LogP) is 1.73. The highest BCUT2D eigenvalue weighted by atomic mass is 19.1. The van der Waals surface area contributed by atoms with Crippen LogP contribution in [0.25, 0.3) is 0 Å². The molecule has 0 aliphatic carbocycles. The van der Waals surface area contributed by atoms with E-state index in [9.17, 15) is 4.39 Å². The number of nitrogens with two attached hydrogens (primary N) is 1. The lowest BCUT2D eigenvalue weighted by Gasteiger charge is -2.28. The summed E-state index contributed by atoms with van der Waals surface area (Å²) in [5, 5.41) is 0. The fraction of sp³-hybridized carbons (Fsp3) is 1.00. The molecule has 3 heteroatoms. The zero-order valence-corrected chi connectivity index (χ0v) is 8.43. The Hall–Kier alpha value is -0.150. The third-order valence-electron chi connectivity index (χ3n) is 2.03. The first-order valence-corrected chi connectivity index (χ1v) is 4.43. The van der Waals surface area contributed by atoms with Crippen molar-refractivity contribution in [2.45, 2.75) is 39.5 Å². The highest BCUT2D eigenvalue weighted by Crippen LogP contribution is 2.21. The van der Waals surface area contributed by atoms with Gasteiger partial charge in [-0.25, -0.2) is 4.39 Å². The van der Waals surface area contributed by atoms with Gasteiger partial charge in [0.25, 0.3) is 0 Å². The van der Waals surface area contributed by atoms with E-state index in [-0.39, 0.29) is 25.2 Å². The van der Waals surface area contributed by atoms with Crippen molar-refractivity contribution in [2.75, 3.05) is 13.2 Å². The lowest BCUT2D eigenvalue weighted by Crippen LogP contribution is -2.43. The molecule has 0 aliphatic rings. The third kappa shape index (κ3) is 3.50. The number of rotatable bonds is 5. The highest BCUT2D eigenvalue weighted by Gasteiger charge is 2.32. The van der Waals surface area contributed by atoms with Crippen LogP contribution in [0.15, 0.2) is 0 Å². The van der Waals surface area contributed by atoms with Crippen molar-refractivity contribution < 1.29 is 9.13 Å². The maximum absolute atomic E-state index is 13.8. The molecule has 0 saturated heterocycles. The number of halogens is 1. The van der Waals surface area contributed by atoms with Gasteiger partial charge in [0.05, 0.1) is 12.7 Å². The zero-order chi connectivity index (χ0) is 9.78. The van der Waals surface area contributed by atoms with E-state index in [1.165, 1.54) is 0 Å². The van der Waals surface area contributed by atoms with Crippen molar-refractivity contribution in [3.63, 3.8) is 0 Å². The summed E-state index contributed by atoms with van der Waals surface area (Å²) in [6.45, 7) is 7.53. The van der Waals surface area contributed by atoms with Gasteiger partial charge in [0.1, 0.15) is 5.67 Å². The average Bonchev–Trinajstić information content (AvgIpc) is 1.99. The van der Waals surface area contributed by atoms with Gasteiger partial charge in [0.2, 0.25) is 0 Å². The van der Waals surface area contributed by atoms with Crippen LogP contribution in [0.3, 0.4) is 0 Å². The summed E-state index contributed by atoms with van der Waals surface area (Å²) in [7, 11) is 0. The summed E-state index contributed by atoms with van der Waals surface area (Å²) in [6, 6.07) is 0. The molecule has 0 spiro atoms. The van der Waals surface area contributed by atoms with E-state index in [0.717, 1.165) is 0 Å². The molecule has 0 bridgehead atoms. The lowest BCUT2D eigenvalue weighted by molar-refractivity contribution is -0.0325. The summed E-state index contributed by atoms with van der Waals surface area (Å²) in [5.74, 6) is -0.0961. The Bertz CT molecular complexity index is 128. The second kappa shape index (κ2) is 4.77. The van der Waals surface area contributed by atoms with Gasteiger partial charge in [-0.1, -0.05) is 13.8 Å². The van der Waals surface area contributed by atoms with E-state index in [1.54, 1.807) is 0 Å². The molecule has 0 saturated carbocycles. The molecule has 0 fully saturated rings. The van der Waals surface area contributed by atoms with Gasteiger partial charge < -0.3 is 10.5 Å². The topological polar surface area (TPSA) is 35.2 Å². The third-order valence-corrected chi connectivity index (χ3v) is 2.03. The normalized spacial score (nSPS) is 17.0. The van der Waals surface area contributed by atoms with Crippen LogP contribution in [0.4, 0.5) is 4.39 Å². The Kier molecular flexibility index (Phi) is 4.71. The standard InChI is InChI=1S/C9H20FNO/c1-7(2)9(10,5-11)6-12-8(3)4/h7-8H,5-6,11H2,1-4H3. The molecule has 0 aromatic carbocycles. The fourth-order valence-corrected chi connectivity index (χ4v) is 0.766. The molecule has 2 N–H and O–H groups in total. The van der Waals surface area contributed by atoms with Crippen LogP contribution in [0.2, 0.25) is 0 Å². The van der Waals surface area contributed by atoms with Crippen LogP contribution in [0, 0.1) is 5.92 Å². The van der Waals surface area contributed by atoms with Crippen molar-refractivity contribution in [1.82, 2.24) is 0 Å². The molecular formula is C9H20FNO. The molecule has 1 atom stereocenters. The Morgan fingerprint density at radius 3 is 2.08 bits per heavy atom. The lowest BCUT2D eigenvalue weighted by atomic mass is 9.93. The number of hydrogen-bond donors (Lipinski definition) is 1. The van der Waals surface area contributed by atoms with Gasteiger partial charge in [-0.05, 0) is 19.8 Å². The fourth-order valence-electron chi connectivity index (χ4n) is 0.766. The second-order valence-corrected chi connectivity index (χ2v) is 3.75. The summed E-state index contributed by atoms with van der Waals surface area (Å²) in [5.41, 5.74) is 3.97. The largest absolute Gasteiger partial charge is 0.375 e. The second-order valence-electron chi connectivity index (χ2n) is 3.75. The molecule has 1 unspecified atom stereocenters. The van der Waals surface area contributed by atoms with E-state index in [4.69, 9.17) is 10.5 Å². The summed E-state index contributed by atoms with van der Waals surface area (Å²) in [4.78, 5) is 0. The number of hydrogen-bond acceptors (Lipinski definition) is 2. The van der Waals surface area contributed by atoms with Crippen molar-refractivity contribution in [3.05, 3.63) is 0 Å². The monoisotopic (exact) mass is 177 g/mol. The molecule has 0 rings (SSSR count). The van der Waals surface area contributed by atoms with Crippen molar-refractivity contribution >= 4 is 0 Å². The Labute approximate surface area is 74.3 Å². The molecule has 0 amide bonds. The van der Waals surface area contributed by atoms with Gasteiger partial charge >= 0.3 is 0 Å². The summed E-state index contributed by atoms with van der Waals surface area (Å²) < 4.78 is 19.0. The zero-order valence-electron chi connectivity index (χ0n) is 8.43. The molecule has 74 valence electrons. The smallest absolute Gasteiger partial charge is 0.148 e. The quantitative estimate of drug-likeness (QED) is 0.694. The van der Waals surface area contributed by atoms with E-state index < -0.39 is 5.67 Å². The average molecular weight is 177 g/mol. The van der Waals surface area contributed by atoms with Crippen LogP contribution >= 0.6 is 0 Å². The highest BCUT2D eigenvalue weighted by molar-refractivity contribution is 4.83. The van der Waals surface area contributed by atoms with Crippen molar-refractivity contribution in [2.24, 2.45) is 11.7 Å². The Morgan fingerprint density at radius 2 is 1.83 bits per heavy atom. The first-order valence-electron chi connectivity index (χ1n) is 4.43. The molecule has 12 heavy (non-hydrogen) atoms. The van der Waals surface area contributed by atoms with Gasteiger partial charge in [-0.3, -0.25) is 0 Å². The Morgan fingerprint density at radius 1 is 1.33 bits per heavy atom. The van der Waals surface area contributed by atoms with E-state index in [2.05, 4.69) is 0 Å². The van der Waals surface area contributed by atoms with Gasteiger partial charge in [-0.2, -0.15) is 0 Å². The first-order chi connectivity index (χ1) is 5.42. The summed E-state index contributed by atoms with van der Waals surface area (Å²) >= 11 is 0. The van der Waals surface area contributed by atoms with E-state index in [0.29, 0.717) is 0 Å². The predicted molar refractivity (Wildman–Crippen MR) is 48.8 cm³/mol. The van der Waals surface area contributed by atoms with Gasteiger partial charge in [-0.15, -0.1) is 0 Å². The maximum atomic E-state index is 13.8. The minimum Gasteiger partial charge on any atom is -0.375 e. The molecule has 2 nitrogen and oxygen atoms in total. The molecule has 0 heterocycles. The number of ether oxygens (including phenoxy) is 1. The van der Waals surface area contributed by atoms with Crippen LogP contribution in [0.1, 0.15) is 27.7 Å². The number of alkyl halides is 1. The first kappa shape index (κ1) is 11.8. The van der Waals surface area contributed by atoms with E-state index in [1.807, 2.05) is 27.7 Å². The SMILES string of the molecule is CC(C)OCC(F)(CN)C(C)C. The molecule has 0 aromatic rings. The van der Waals surface area contributed by atoms with E-state index >= 15 is 0 Å². The minimum atomic E-state index is -1.37. The molecule has 0 radical (unpaired) electrons.